The maximum absolute atomic E-state index is 6.28. The number of nitrogens with zero attached hydrogens (tertiary/aromatic N) is 1. The molecule has 2 aromatic rings. The Morgan fingerprint density at radius 3 is 2.67 bits per heavy atom. The van der Waals surface area contributed by atoms with Gasteiger partial charge in [0.05, 0.1) is 16.1 Å². The summed E-state index contributed by atoms with van der Waals surface area (Å²) < 4.78 is 0. The second-order valence-electron chi connectivity index (χ2n) is 4.08. The van der Waals surface area contributed by atoms with Crippen molar-refractivity contribution in [1.82, 2.24) is 4.98 Å². The number of benzene rings is 1. The van der Waals surface area contributed by atoms with Crippen LogP contribution in [0.1, 0.15) is 29.7 Å². The predicted molar refractivity (Wildman–Crippen MR) is 76.1 cm³/mol. The summed E-state index contributed by atoms with van der Waals surface area (Å²) in [5.74, 6) is 0. The molecule has 4 heteroatoms. The molecule has 2 N–H and O–H groups in total. The van der Waals surface area contributed by atoms with Crippen LogP contribution < -0.4 is 5.73 Å². The molecule has 0 amide bonds. The first-order valence-electron chi connectivity index (χ1n) is 5.76. The standard InChI is InChI=1S/C14H14Cl2N2/c1-2-9-8-18-6-5-11(9)14(17)10-3-4-12(15)13(16)7-10/h3-8,14H,2,17H2,1H3. The lowest BCUT2D eigenvalue weighted by atomic mass is 9.96. The normalized spacial score (nSPS) is 12.4. The van der Waals surface area contributed by atoms with E-state index in [0.717, 1.165) is 23.1 Å². The highest BCUT2D eigenvalue weighted by Gasteiger charge is 2.13. The number of halogens is 2. The van der Waals surface area contributed by atoms with Gasteiger partial charge in [0.2, 0.25) is 0 Å². The van der Waals surface area contributed by atoms with Gasteiger partial charge in [-0.1, -0.05) is 36.2 Å². The fraction of sp³-hybridized carbons (Fsp3) is 0.214. The molecule has 0 aliphatic carbocycles. The lowest BCUT2D eigenvalue weighted by Gasteiger charge is -2.16. The van der Waals surface area contributed by atoms with E-state index in [-0.39, 0.29) is 6.04 Å². The molecule has 0 aliphatic rings. The summed E-state index contributed by atoms with van der Waals surface area (Å²) in [6.45, 7) is 2.09. The number of rotatable bonds is 3. The van der Waals surface area contributed by atoms with Gasteiger partial charge in [-0.05, 0) is 41.3 Å². The average Bonchev–Trinajstić information content (AvgIpc) is 2.41. The second-order valence-corrected chi connectivity index (χ2v) is 4.89. The zero-order chi connectivity index (χ0) is 13.1. The number of aryl methyl sites for hydroxylation is 1. The Hall–Kier alpha value is -1.09. The van der Waals surface area contributed by atoms with Crippen LogP contribution >= 0.6 is 23.2 Å². The van der Waals surface area contributed by atoms with Crippen molar-refractivity contribution in [2.45, 2.75) is 19.4 Å². The highest BCUT2D eigenvalue weighted by atomic mass is 35.5. The van der Waals surface area contributed by atoms with Gasteiger partial charge in [0, 0.05) is 12.4 Å². The van der Waals surface area contributed by atoms with Crippen LogP contribution in [-0.4, -0.2) is 4.98 Å². The average molecular weight is 281 g/mol. The van der Waals surface area contributed by atoms with Gasteiger partial charge in [-0.25, -0.2) is 0 Å². The first-order chi connectivity index (χ1) is 8.63. The zero-order valence-electron chi connectivity index (χ0n) is 10.0. The number of nitrogens with two attached hydrogens (primary N) is 1. The third-order valence-electron chi connectivity index (χ3n) is 2.96. The SMILES string of the molecule is CCc1cnccc1C(N)c1ccc(Cl)c(Cl)c1. The van der Waals surface area contributed by atoms with E-state index in [4.69, 9.17) is 28.9 Å². The monoisotopic (exact) mass is 280 g/mol. The van der Waals surface area contributed by atoms with Gasteiger partial charge in [0.15, 0.2) is 0 Å². The van der Waals surface area contributed by atoms with Crippen LogP contribution in [0.2, 0.25) is 10.0 Å². The molecule has 1 heterocycles. The fourth-order valence-corrected chi connectivity index (χ4v) is 2.23. The van der Waals surface area contributed by atoms with E-state index in [0.29, 0.717) is 10.0 Å². The van der Waals surface area contributed by atoms with Crippen molar-refractivity contribution in [2.75, 3.05) is 0 Å². The highest BCUT2D eigenvalue weighted by molar-refractivity contribution is 6.42. The van der Waals surface area contributed by atoms with Crippen molar-refractivity contribution in [2.24, 2.45) is 5.73 Å². The molecule has 0 fully saturated rings. The van der Waals surface area contributed by atoms with Crippen LogP contribution in [0.3, 0.4) is 0 Å². The van der Waals surface area contributed by atoms with Gasteiger partial charge in [-0.2, -0.15) is 0 Å². The van der Waals surface area contributed by atoms with Crippen molar-refractivity contribution in [3.63, 3.8) is 0 Å². The highest BCUT2D eigenvalue weighted by Crippen LogP contribution is 2.28. The minimum atomic E-state index is -0.210. The molecular formula is C14H14Cl2N2. The summed E-state index contributed by atoms with van der Waals surface area (Å²) in [6.07, 6.45) is 4.51. The van der Waals surface area contributed by atoms with Crippen molar-refractivity contribution >= 4 is 23.2 Å². The maximum Gasteiger partial charge on any atom is 0.0595 e. The van der Waals surface area contributed by atoms with Crippen LogP contribution in [0.4, 0.5) is 0 Å². The van der Waals surface area contributed by atoms with E-state index in [1.54, 1.807) is 12.3 Å². The first kappa shape index (κ1) is 13.3. The molecule has 2 rings (SSSR count). The largest absolute Gasteiger partial charge is 0.320 e. The molecule has 2 nitrogen and oxygen atoms in total. The molecule has 0 bridgehead atoms. The Labute approximate surface area is 117 Å². The summed E-state index contributed by atoms with van der Waals surface area (Å²) in [5, 5.41) is 1.06. The van der Waals surface area contributed by atoms with Gasteiger partial charge in [0.25, 0.3) is 0 Å². The quantitative estimate of drug-likeness (QED) is 0.923. The number of pyridine rings is 1. The summed E-state index contributed by atoms with van der Waals surface area (Å²) in [4.78, 5) is 4.12. The van der Waals surface area contributed by atoms with Crippen molar-refractivity contribution < 1.29 is 0 Å². The number of hydrogen-bond donors (Lipinski definition) is 1. The van der Waals surface area contributed by atoms with Crippen molar-refractivity contribution in [3.8, 4) is 0 Å². The van der Waals surface area contributed by atoms with Gasteiger partial charge >= 0.3 is 0 Å². The van der Waals surface area contributed by atoms with Crippen LogP contribution in [0.15, 0.2) is 36.7 Å². The van der Waals surface area contributed by atoms with E-state index < -0.39 is 0 Å². The minimum absolute atomic E-state index is 0.210. The van der Waals surface area contributed by atoms with E-state index >= 15 is 0 Å². The molecule has 0 saturated heterocycles. The van der Waals surface area contributed by atoms with Crippen LogP contribution in [0.25, 0.3) is 0 Å². The van der Waals surface area contributed by atoms with Gasteiger partial charge < -0.3 is 5.73 Å². The molecule has 1 unspecified atom stereocenters. The molecule has 1 atom stereocenters. The van der Waals surface area contributed by atoms with Gasteiger partial charge in [-0.15, -0.1) is 0 Å². The Morgan fingerprint density at radius 1 is 1.22 bits per heavy atom. The molecule has 1 aromatic heterocycles. The number of aromatic nitrogens is 1. The van der Waals surface area contributed by atoms with E-state index in [1.165, 1.54) is 0 Å². The topological polar surface area (TPSA) is 38.9 Å². The number of hydrogen-bond acceptors (Lipinski definition) is 2. The third kappa shape index (κ3) is 2.66. The lowest BCUT2D eigenvalue weighted by Crippen LogP contribution is -2.14. The van der Waals surface area contributed by atoms with E-state index in [1.807, 2.05) is 24.4 Å². The maximum atomic E-state index is 6.28. The fourth-order valence-electron chi connectivity index (χ4n) is 1.92. The summed E-state index contributed by atoms with van der Waals surface area (Å²) in [7, 11) is 0. The van der Waals surface area contributed by atoms with Gasteiger partial charge in [0.1, 0.15) is 0 Å². The summed E-state index contributed by atoms with van der Waals surface area (Å²) in [5.41, 5.74) is 9.46. The lowest BCUT2D eigenvalue weighted by molar-refractivity contribution is 0.844. The van der Waals surface area contributed by atoms with Crippen molar-refractivity contribution in [3.05, 3.63) is 63.4 Å². The third-order valence-corrected chi connectivity index (χ3v) is 3.70. The van der Waals surface area contributed by atoms with Crippen molar-refractivity contribution in [1.29, 1.82) is 0 Å². The smallest absolute Gasteiger partial charge is 0.0595 e. The molecule has 0 aliphatic heterocycles. The van der Waals surface area contributed by atoms with Crippen LogP contribution in [0.5, 0.6) is 0 Å². The molecule has 18 heavy (non-hydrogen) atoms. The zero-order valence-corrected chi connectivity index (χ0v) is 11.5. The molecule has 94 valence electrons. The Balaban J connectivity index is 2.41. The molecule has 0 saturated carbocycles. The van der Waals surface area contributed by atoms with Gasteiger partial charge in [-0.3, -0.25) is 4.98 Å². The van der Waals surface area contributed by atoms with E-state index in [9.17, 15) is 0 Å². The first-order valence-corrected chi connectivity index (χ1v) is 6.52. The van der Waals surface area contributed by atoms with E-state index in [2.05, 4.69) is 11.9 Å². The Bertz CT molecular complexity index is 555. The van der Waals surface area contributed by atoms with Crippen LogP contribution in [-0.2, 0) is 6.42 Å². The molecule has 1 aromatic carbocycles. The predicted octanol–water partition coefficient (Wildman–Crippen LogP) is 4.00. The Morgan fingerprint density at radius 2 is 2.00 bits per heavy atom. The Kier molecular flexibility index (Phi) is 4.23. The molecule has 0 radical (unpaired) electrons. The van der Waals surface area contributed by atoms with Crippen LogP contribution in [0, 0.1) is 0 Å². The summed E-state index contributed by atoms with van der Waals surface area (Å²) in [6, 6.07) is 7.23. The summed E-state index contributed by atoms with van der Waals surface area (Å²) >= 11 is 11.9. The minimum Gasteiger partial charge on any atom is -0.320 e. The molecular weight excluding hydrogens is 267 g/mol. The molecule has 0 spiro atoms. The second kappa shape index (κ2) is 5.70.